The summed E-state index contributed by atoms with van der Waals surface area (Å²) in [7, 11) is 3.63. The molecule has 3 aliphatic heterocycles. The predicted octanol–water partition coefficient (Wildman–Crippen LogP) is 1.67. The minimum atomic E-state index is -0.680. The van der Waals surface area contributed by atoms with Gasteiger partial charge >= 0.3 is 0 Å². The number of fused-ring (bicyclic) bond motifs is 1. The summed E-state index contributed by atoms with van der Waals surface area (Å²) in [6.07, 6.45) is 7.28. The topological polar surface area (TPSA) is 67.7 Å². The van der Waals surface area contributed by atoms with E-state index in [4.69, 9.17) is 4.74 Å². The highest BCUT2D eigenvalue weighted by Crippen LogP contribution is 2.52. The van der Waals surface area contributed by atoms with Gasteiger partial charge in [0.2, 0.25) is 11.8 Å². The SMILES string of the molecule is Cc1cccc(CN2CC34C=CC(O3)C(C(=O)N(C)Cc3cnn(C)c3)C4C2=O)c1. The van der Waals surface area contributed by atoms with E-state index >= 15 is 0 Å². The van der Waals surface area contributed by atoms with Gasteiger partial charge in [0.15, 0.2) is 0 Å². The molecule has 0 N–H and O–H groups in total. The van der Waals surface area contributed by atoms with Crippen LogP contribution in [0.15, 0.2) is 48.8 Å². The summed E-state index contributed by atoms with van der Waals surface area (Å²) in [6, 6.07) is 8.18. The second-order valence-electron chi connectivity index (χ2n) is 8.80. The number of likely N-dealkylation sites (tertiary alicyclic amines) is 1. The van der Waals surface area contributed by atoms with Gasteiger partial charge in [0, 0.05) is 38.9 Å². The van der Waals surface area contributed by atoms with E-state index in [1.165, 1.54) is 5.56 Å². The molecule has 30 heavy (non-hydrogen) atoms. The monoisotopic (exact) mass is 406 g/mol. The molecule has 1 aromatic heterocycles. The third kappa shape index (κ3) is 2.96. The molecular formula is C23H26N4O3. The van der Waals surface area contributed by atoms with E-state index in [1.54, 1.807) is 22.8 Å². The summed E-state index contributed by atoms with van der Waals surface area (Å²) in [5.41, 5.74) is 2.54. The molecular weight excluding hydrogens is 380 g/mol. The maximum Gasteiger partial charge on any atom is 0.230 e. The van der Waals surface area contributed by atoms with E-state index in [0.29, 0.717) is 19.6 Å². The third-order valence-corrected chi connectivity index (χ3v) is 6.47. The van der Waals surface area contributed by atoms with E-state index < -0.39 is 17.4 Å². The number of aryl methyl sites for hydroxylation is 2. The Labute approximate surface area is 175 Å². The maximum atomic E-state index is 13.4. The number of ether oxygens (including phenoxy) is 1. The summed E-state index contributed by atoms with van der Waals surface area (Å²) in [5.74, 6) is -0.977. The van der Waals surface area contributed by atoms with Crippen molar-refractivity contribution in [2.45, 2.75) is 31.7 Å². The van der Waals surface area contributed by atoms with Crippen LogP contribution in [0.3, 0.4) is 0 Å². The van der Waals surface area contributed by atoms with E-state index in [1.807, 2.05) is 55.4 Å². The third-order valence-electron chi connectivity index (χ3n) is 6.47. The van der Waals surface area contributed by atoms with Crippen LogP contribution in [-0.2, 0) is 34.5 Å². The maximum absolute atomic E-state index is 13.4. The number of nitrogens with zero attached hydrogens (tertiary/aromatic N) is 4. The van der Waals surface area contributed by atoms with E-state index in [-0.39, 0.29) is 17.9 Å². The van der Waals surface area contributed by atoms with Gasteiger partial charge in [0.25, 0.3) is 0 Å². The molecule has 2 amide bonds. The number of carbonyl (C=O) groups excluding carboxylic acids is 2. The van der Waals surface area contributed by atoms with Crippen molar-refractivity contribution in [1.82, 2.24) is 19.6 Å². The first kappa shape index (κ1) is 19.1. The Bertz CT molecular complexity index is 1040. The average molecular weight is 406 g/mol. The quantitative estimate of drug-likeness (QED) is 0.709. The van der Waals surface area contributed by atoms with Gasteiger partial charge in [0.1, 0.15) is 5.60 Å². The molecule has 0 radical (unpaired) electrons. The van der Waals surface area contributed by atoms with Gasteiger partial charge < -0.3 is 14.5 Å². The summed E-state index contributed by atoms with van der Waals surface area (Å²) in [6.45, 7) is 3.53. The number of hydrogen-bond donors (Lipinski definition) is 0. The van der Waals surface area contributed by atoms with Crippen LogP contribution >= 0.6 is 0 Å². The van der Waals surface area contributed by atoms with Crippen LogP contribution in [0.4, 0.5) is 0 Å². The molecule has 4 heterocycles. The first-order valence-electron chi connectivity index (χ1n) is 10.3. The lowest BCUT2D eigenvalue weighted by molar-refractivity contribution is -0.142. The fraction of sp³-hybridized carbons (Fsp3) is 0.435. The molecule has 1 aromatic carbocycles. The van der Waals surface area contributed by atoms with Crippen LogP contribution in [0.1, 0.15) is 16.7 Å². The van der Waals surface area contributed by atoms with E-state index in [9.17, 15) is 9.59 Å². The Hall–Kier alpha value is -2.93. The molecule has 7 heteroatoms. The lowest BCUT2D eigenvalue weighted by Gasteiger charge is -2.27. The summed E-state index contributed by atoms with van der Waals surface area (Å²) in [5, 5.41) is 4.17. The smallest absolute Gasteiger partial charge is 0.230 e. The summed E-state index contributed by atoms with van der Waals surface area (Å²) in [4.78, 5) is 30.3. The Morgan fingerprint density at radius 3 is 2.93 bits per heavy atom. The molecule has 4 unspecified atom stereocenters. The van der Waals surface area contributed by atoms with Gasteiger partial charge in [-0.05, 0) is 12.5 Å². The van der Waals surface area contributed by atoms with Crippen LogP contribution in [-0.4, -0.2) is 56.7 Å². The fourth-order valence-corrected chi connectivity index (χ4v) is 5.18. The number of amides is 2. The Morgan fingerprint density at radius 1 is 1.37 bits per heavy atom. The van der Waals surface area contributed by atoms with Crippen molar-refractivity contribution >= 4 is 11.8 Å². The van der Waals surface area contributed by atoms with Gasteiger partial charge in [-0.1, -0.05) is 42.0 Å². The van der Waals surface area contributed by atoms with Crippen molar-refractivity contribution in [3.63, 3.8) is 0 Å². The van der Waals surface area contributed by atoms with Crippen LogP contribution in [0.2, 0.25) is 0 Å². The van der Waals surface area contributed by atoms with Crippen LogP contribution in [0.25, 0.3) is 0 Å². The van der Waals surface area contributed by atoms with Gasteiger partial charge in [0.05, 0.1) is 30.7 Å². The first-order chi connectivity index (χ1) is 14.4. The van der Waals surface area contributed by atoms with Gasteiger partial charge in [-0.2, -0.15) is 5.10 Å². The molecule has 0 saturated carbocycles. The highest BCUT2D eigenvalue weighted by Gasteiger charge is 2.67. The molecule has 3 aliphatic rings. The van der Waals surface area contributed by atoms with Crippen molar-refractivity contribution in [1.29, 1.82) is 0 Å². The average Bonchev–Trinajstić information content (AvgIpc) is 3.44. The lowest BCUT2D eigenvalue weighted by atomic mass is 9.76. The molecule has 5 rings (SSSR count). The number of hydrogen-bond acceptors (Lipinski definition) is 4. The minimum absolute atomic E-state index is 0.0106. The molecule has 0 aliphatic carbocycles. The predicted molar refractivity (Wildman–Crippen MR) is 110 cm³/mol. The van der Waals surface area contributed by atoms with Crippen molar-refractivity contribution in [2.75, 3.05) is 13.6 Å². The normalized spacial score (nSPS) is 29.0. The first-order valence-corrected chi connectivity index (χ1v) is 10.3. The molecule has 2 saturated heterocycles. The second kappa shape index (κ2) is 6.80. The second-order valence-corrected chi connectivity index (χ2v) is 8.80. The van der Waals surface area contributed by atoms with Gasteiger partial charge in [-0.15, -0.1) is 0 Å². The molecule has 156 valence electrons. The standard InChI is InChI=1S/C23H26N4O3/c1-15-5-4-6-16(9-15)13-27-14-23-8-7-18(30-23)19(20(23)22(27)29)21(28)25(2)11-17-10-24-26(3)12-17/h4-10,12,18-20H,11,13-14H2,1-3H3. The molecule has 2 fully saturated rings. The van der Waals surface area contributed by atoms with Crippen molar-refractivity contribution in [3.05, 3.63) is 65.5 Å². The van der Waals surface area contributed by atoms with E-state index in [0.717, 1.165) is 11.1 Å². The number of aromatic nitrogens is 2. The van der Waals surface area contributed by atoms with Crippen molar-refractivity contribution in [2.24, 2.45) is 18.9 Å². The van der Waals surface area contributed by atoms with Crippen LogP contribution in [0.5, 0.6) is 0 Å². The minimum Gasteiger partial charge on any atom is -0.360 e. The van der Waals surface area contributed by atoms with Gasteiger partial charge in [-0.25, -0.2) is 0 Å². The summed E-state index contributed by atoms with van der Waals surface area (Å²) < 4.78 is 7.96. The number of rotatable bonds is 5. The number of benzene rings is 1. The van der Waals surface area contributed by atoms with Crippen molar-refractivity contribution < 1.29 is 14.3 Å². The van der Waals surface area contributed by atoms with Gasteiger partial charge in [-0.3, -0.25) is 14.3 Å². The summed E-state index contributed by atoms with van der Waals surface area (Å²) >= 11 is 0. The van der Waals surface area contributed by atoms with Crippen LogP contribution in [0, 0.1) is 18.8 Å². The highest BCUT2D eigenvalue weighted by molar-refractivity contribution is 5.93. The van der Waals surface area contributed by atoms with Crippen molar-refractivity contribution in [3.8, 4) is 0 Å². The zero-order chi connectivity index (χ0) is 21.0. The molecule has 1 spiro atoms. The Kier molecular flexibility index (Phi) is 4.32. The van der Waals surface area contributed by atoms with Crippen LogP contribution < -0.4 is 0 Å². The number of carbonyl (C=O) groups is 2. The highest BCUT2D eigenvalue weighted by atomic mass is 16.5. The lowest BCUT2D eigenvalue weighted by Crippen LogP contribution is -2.44. The zero-order valence-corrected chi connectivity index (χ0v) is 17.5. The Balaban J connectivity index is 1.36. The van der Waals surface area contributed by atoms with E-state index in [2.05, 4.69) is 11.2 Å². The molecule has 7 nitrogen and oxygen atoms in total. The Morgan fingerprint density at radius 2 is 2.20 bits per heavy atom. The zero-order valence-electron chi connectivity index (χ0n) is 17.5. The largest absolute Gasteiger partial charge is 0.360 e. The molecule has 4 atom stereocenters. The molecule has 2 bridgehead atoms. The molecule has 2 aromatic rings. The fourth-order valence-electron chi connectivity index (χ4n) is 5.18.